The van der Waals surface area contributed by atoms with Crippen LogP contribution in [0.15, 0.2) is 54.7 Å². The molecule has 166 valence electrons. The maximum Gasteiger partial charge on any atom is 0.356 e. The molecule has 1 saturated heterocycles. The number of hydrogen-bond donors (Lipinski definition) is 1. The Morgan fingerprint density at radius 2 is 1.84 bits per heavy atom. The van der Waals surface area contributed by atoms with Gasteiger partial charge in [-0.05, 0) is 35.9 Å². The first kappa shape index (κ1) is 21.8. The van der Waals surface area contributed by atoms with E-state index in [-0.39, 0.29) is 11.7 Å². The number of aromatic nitrogens is 2. The lowest BCUT2D eigenvalue weighted by atomic mass is 10.1. The molecule has 32 heavy (non-hydrogen) atoms. The van der Waals surface area contributed by atoms with Crippen molar-refractivity contribution >= 4 is 23.6 Å². The van der Waals surface area contributed by atoms with Crippen LogP contribution in [0, 0.1) is 5.82 Å². The largest absolute Gasteiger partial charge is 0.476 e. The quantitative estimate of drug-likeness (QED) is 0.622. The smallest absolute Gasteiger partial charge is 0.356 e. The molecule has 0 saturated carbocycles. The minimum Gasteiger partial charge on any atom is -0.476 e. The summed E-state index contributed by atoms with van der Waals surface area (Å²) in [6, 6.07) is 12.4. The number of carbonyl (C=O) groups is 2. The van der Waals surface area contributed by atoms with Crippen LogP contribution in [0.4, 0.5) is 9.18 Å². The van der Waals surface area contributed by atoms with Gasteiger partial charge in [0.2, 0.25) is 0 Å². The maximum atomic E-state index is 14.2. The molecule has 3 aromatic rings. The van der Waals surface area contributed by atoms with Crippen LogP contribution in [0.3, 0.4) is 0 Å². The maximum absolute atomic E-state index is 14.2. The number of carboxylic acids is 1. The summed E-state index contributed by atoms with van der Waals surface area (Å²) in [6.45, 7) is 2.54. The van der Waals surface area contributed by atoms with Gasteiger partial charge in [-0.1, -0.05) is 23.7 Å². The van der Waals surface area contributed by atoms with E-state index in [0.29, 0.717) is 49.2 Å². The van der Waals surface area contributed by atoms with Crippen LogP contribution < -0.4 is 4.74 Å². The molecule has 10 heteroatoms. The van der Waals surface area contributed by atoms with Crippen LogP contribution in [0.5, 0.6) is 11.5 Å². The molecule has 8 nitrogen and oxygen atoms in total. The Labute approximate surface area is 188 Å². The second kappa shape index (κ2) is 9.37. The fraction of sp³-hybridized carbons (Fsp3) is 0.227. The lowest BCUT2D eigenvalue weighted by molar-refractivity contribution is 0.0689. The molecule has 2 aromatic carbocycles. The van der Waals surface area contributed by atoms with Gasteiger partial charge in [-0.3, -0.25) is 4.90 Å². The molecule has 0 unspecified atom stereocenters. The highest BCUT2D eigenvalue weighted by atomic mass is 35.5. The number of ether oxygens (including phenoxy) is 1. The summed E-state index contributed by atoms with van der Waals surface area (Å²) >= 11 is 6.12. The second-order valence-electron chi connectivity index (χ2n) is 7.32. The van der Waals surface area contributed by atoms with E-state index in [1.165, 1.54) is 24.4 Å². The monoisotopic (exact) mass is 458 g/mol. The first-order valence-electron chi connectivity index (χ1n) is 9.91. The van der Waals surface area contributed by atoms with E-state index in [2.05, 4.69) is 10.00 Å². The average Bonchev–Trinajstić information content (AvgIpc) is 3.26. The number of hydrogen-bond acceptors (Lipinski definition) is 5. The van der Waals surface area contributed by atoms with Crippen molar-refractivity contribution in [2.45, 2.75) is 6.54 Å². The van der Waals surface area contributed by atoms with Crippen molar-refractivity contribution in [2.24, 2.45) is 0 Å². The summed E-state index contributed by atoms with van der Waals surface area (Å²) in [4.78, 5) is 27.2. The number of benzene rings is 2. The van der Waals surface area contributed by atoms with Gasteiger partial charge in [0.1, 0.15) is 17.3 Å². The lowest BCUT2D eigenvalue weighted by Crippen LogP contribution is -2.49. The van der Waals surface area contributed by atoms with Crippen LogP contribution in [-0.4, -0.2) is 62.9 Å². The molecule has 1 amide bonds. The van der Waals surface area contributed by atoms with Crippen molar-refractivity contribution in [3.63, 3.8) is 0 Å². The summed E-state index contributed by atoms with van der Waals surface area (Å²) in [6.07, 6.45) is 1.34. The van der Waals surface area contributed by atoms with Gasteiger partial charge in [-0.25, -0.2) is 14.0 Å². The number of carbonyl (C=O) groups excluding carboxylic acids is 1. The highest BCUT2D eigenvalue weighted by Gasteiger charge is 2.23. The molecule has 0 radical (unpaired) electrons. The third-order valence-electron chi connectivity index (χ3n) is 5.05. The van der Waals surface area contributed by atoms with E-state index in [1.807, 2.05) is 0 Å². The standard InChI is InChI=1S/C22H20ClFN4O4/c23-18-3-1-2-4-20(18)32-17-12-15(11-16(24)13-17)14-26-7-9-27(10-8-26)22(31)28-6-5-19(25-28)21(29)30/h1-6,11-13H,7-10,14H2,(H,29,30). The molecule has 1 aliphatic rings. The fourth-order valence-corrected chi connectivity index (χ4v) is 3.64. The fourth-order valence-electron chi connectivity index (χ4n) is 3.47. The van der Waals surface area contributed by atoms with Crippen molar-refractivity contribution in [1.82, 2.24) is 19.6 Å². The van der Waals surface area contributed by atoms with Gasteiger partial charge in [0, 0.05) is 45.0 Å². The Morgan fingerprint density at radius 1 is 1.09 bits per heavy atom. The minimum atomic E-state index is -1.19. The van der Waals surface area contributed by atoms with Crippen molar-refractivity contribution in [3.05, 3.63) is 76.8 Å². The normalized spacial score (nSPS) is 14.4. The van der Waals surface area contributed by atoms with Crippen molar-refractivity contribution in [1.29, 1.82) is 0 Å². The molecule has 4 rings (SSSR count). The Hall–Kier alpha value is -3.43. The minimum absolute atomic E-state index is 0.182. The molecule has 1 aromatic heterocycles. The molecular weight excluding hydrogens is 439 g/mol. The first-order valence-corrected chi connectivity index (χ1v) is 10.3. The highest BCUT2D eigenvalue weighted by Crippen LogP contribution is 2.30. The van der Waals surface area contributed by atoms with Crippen molar-refractivity contribution in [3.8, 4) is 11.5 Å². The van der Waals surface area contributed by atoms with Gasteiger partial charge in [-0.15, -0.1) is 0 Å². The summed E-state index contributed by atoms with van der Waals surface area (Å²) in [5.41, 5.74) is 0.558. The summed E-state index contributed by atoms with van der Waals surface area (Å²) in [5.74, 6) is -0.794. The Bertz CT molecular complexity index is 1140. The molecule has 0 spiro atoms. The van der Waals surface area contributed by atoms with Crippen LogP contribution in [-0.2, 0) is 6.54 Å². The summed E-state index contributed by atoms with van der Waals surface area (Å²) in [7, 11) is 0. The Morgan fingerprint density at radius 3 is 2.53 bits per heavy atom. The first-order chi connectivity index (χ1) is 15.4. The third-order valence-corrected chi connectivity index (χ3v) is 5.36. The summed E-state index contributed by atoms with van der Waals surface area (Å²) in [5, 5.41) is 13.2. The topological polar surface area (TPSA) is 87.9 Å². The average molecular weight is 459 g/mol. The van der Waals surface area contributed by atoms with Gasteiger partial charge in [0.05, 0.1) is 5.02 Å². The third kappa shape index (κ3) is 5.06. The van der Waals surface area contributed by atoms with E-state index in [1.54, 1.807) is 35.2 Å². The Balaban J connectivity index is 1.36. The second-order valence-corrected chi connectivity index (χ2v) is 7.73. The van der Waals surface area contributed by atoms with Crippen LogP contribution >= 0.6 is 11.6 Å². The van der Waals surface area contributed by atoms with Crippen molar-refractivity contribution in [2.75, 3.05) is 26.2 Å². The predicted molar refractivity (Wildman–Crippen MR) is 115 cm³/mol. The number of nitrogens with zero attached hydrogens (tertiary/aromatic N) is 4. The van der Waals surface area contributed by atoms with Gasteiger partial charge in [0.25, 0.3) is 0 Å². The number of para-hydroxylation sites is 1. The van der Waals surface area contributed by atoms with E-state index in [0.717, 1.165) is 10.2 Å². The SMILES string of the molecule is O=C(O)c1ccn(C(=O)N2CCN(Cc3cc(F)cc(Oc4ccccc4Cl)c3)CC2)n1. The number of carboxylic acid groups (broad SMARTS) is 1. The van der Waals surface area contributed by atoms with E-state index in [9.17, 15) is 14.0 Å². The predicted octanol–water partition coefficient (Wildman–Crippen LogP) is 3.95. The van der Waals surface area contributed by atoms with Crippen molar-refractivity contribution < 1.29 is 23.8 Å². The van der Waals surface area contributed by atoms with Gasteiger partial charge in [-0.2, -0.15) is 9.78 Å². The highest BCUT2D eigenvalue weighted by molar-refractivity contribution is 6.32. The van der Waals surface area contributed by atoms with E-state index < -0.39 is 11.8 Å². The molecule has 0 atom stereocenters. The number of rotatable bonds is 5. The number of aromatic carboxylic acids is 1. The van der Waals surface area contributed by atoms with Crippen LogP contribution in [0.2, 0.25) is 5.02 Å². The van der Waals surface area contributed by atoms with E-state index in [4.69, 9.17) is 21.4 Å². The zero-order valence-electron chi connectivity index (χ0n) is 16.9. The zero-order chi connectivity index (χ0) is 22.7. The van der Waals surface area contributed by atoms with E-state index >= 15 is 0 Å². The molecular formula is C22H20ClFN4O4. The molecule has 1 aliphatic heterocycles. The lowest BCUT2D eigenvalue weighted by Gasteiger charge is -2.34. The van der Waals surface area contributed by atoms with Crippen LogP contribution in [0.25, 0.3) is 0 Å². The van der Waals surface area contributed by atoms with Gasteiger partial charge < -0.3 is 14.7 Å². The van der Waals surface area contributed by atoms with Crippen LogP contribution in [0.1, 0.15) is 16.1 Å². The van der Waals surface area contributed by atoms with Gasteiger partial charge in [0.15, 0.2) is 5.69 Å². The zero-order valence-corrected chi connectivity index (χ0v) is 17.7. The molecule has 1 fully saturated rings. The van der Waals surface area contributed by atoms with Gasteiger partial charge >= 0.3 is 12.0 Å². The number of amides is 1. The number of halogens is 2. The molecule has 2 heterocycles. The molecule has 1 N–H and O–H groups in total. The molecule has 0 aliphatic carbocycles. The Kier molecular flexibility index (Phi) is 6.38. The summed E-state index contributed by atoms with van der Waals surface area (Å²) < 4.78 is 20.9. The molecule has 0 bridgehead atoms. The number of piperazine rings is 1.